The molecule has 2 aromatic carbocycles. The number of hydrogen-bond acceptors (Lipinski definition) is 7. The molecule has 0 aliphatic carbocycles. The van der Waals surface area contributed by atoms with E-state index in [4.69, 9.17) is 14.2 Å². The molecule has 49 heavy (non-hydrogen) atoms. The maximum Gasteiger partial charge on any atom is 0.471 e. The van der Waals surface area contributed by atoms with Crippen LogP contribution in [0, 0.1) is 11.7 Å². The van der Waals surface area contributed by atoms with Crippen molar-refractivity contribution in [3.63, 3.8) is 0 Å². The Bertz CT molecular complexity index is 1540. The molecule has 1 atom stereocenters. The molecule has 0 bridgehead atoms. The molecule has 0 fully saturated rings. The first kappa shape index (κ1) is 38.9. The first-order valence-electron chi connectivity index (χ1n) is 15.6. The van der Waals surface area contributed by atoms with E-state index in [1.54, 1.807) is 51.1 Å². The summed E-state index contributed by atoms with van der Waals surface area (Å²) in [5.41, 5.74) is -3.14. The molecule has 1 aliphatic heterocycles. The summed E-state index contributed by atoms with van der Waals surface area (Å²) in [4.78, 5) is 53.4. The SMILES string of the molecule is CC(C)CN(C[C@H]1Cc2c(cc(OCc3ccccc3)c(N(CC(=O)OC(C)(C)C)C(=O)C(F)(F)F)c2F)N1C(=O)O)C(=O)OC(C)(C)C. The lowest BCUT2D eigenvalue weighted by Gasteiger charge is -2.32. The smallest absolute Gasteiger partial charge is 0.471 e. The Morgan fingerprint density at radius 2 is 1.57 bits per heavy atom. The van der Waals surface area contributed by atoms with E-state index in [9.17, 15) is 37.5 Å². The van der Waals surface area contributed by atoms with Crippen molar-refractivity contribution < 1.29 is 56.1 Å². The number of nitrogens with zero attached hydrogens (tertiary/aromatic N) is 3. The van der Waals surface area contributed by atoms with Crippen LogP contribution < -0.4 is 14.5 Å². The predicted octanol–water partition coefficient (Wildman–Crippen LogP) is 6.94. The van der Waals surface area contributed by atoms with E-state index >= 15 is 4.39 Å². The van der Waals surface area contributed by atoms with E-state index in [0.29, 0.717) is 5.56 Å². The molecule has 1 heterocycles. The molecule has 0 radical (unpaired) electrons. The average molecular weight is 698 g/mol. The van der Waals surface area contributed by atoms with Crippen molar-refractivity contribution in [2.75, 3.05) is 29.4 Å². The zero-order chi connectivity index (χ0) is 37.1. The highest BCUT2D eigenvalue weighted by molar-refractivity contribution is 6.03. The van der Waals surface area contributed by atoms with Gasteiger partial charge >= 0.3 is 30.2 Å². The Morgan fingerprint density at radius 3 is 2.08 bits per heavy atom. The van der Waals surface area contributed by atoms with Gasteiger partial charge in [-0.25, -0.2) is 14.0 Å². The Balaban J connectivity index is 2.20. The van der Waals surface area contributed by atoms with Crippen LogP contribution in [-0.4, -0.2) is 77.1 Å². The van der Waals surface area contributed by atoms with E-state index in [1.165, 1.54) is 25.7 Å². The summed E-state index contributed by atoms with van der Waals surface area (Å²) >= 11 is 0. The minimum absolute atomic E-state index is 0.0781. The number of carbonyl (C=O) groups excluding carboxylic acids is 3. The number of halogens is 4. The first-order chi connectivity index (χ1) is 22.5. The van der Waals surface area contributed by atoms with Gasteiger partial charge in [-0.3, -0.25) is 19.4 Å². The molecule has 0 spiro atoms. The number of esters is 1. The zero-order valence-corrected chi connectivity index (χ0v) is 28.8. The number of rotatable bonds is 10. The van der Waals surface area contributed by atoms with Gasteiger partial charge in [0.2, 0.25) is 0 Å². The fourth-order valence-electron chi connectivity index (χ4n) is 5.23. The third kappa shape index (κ3) is 10.5. The number of hydrogen-bond donors (Lipinski definition) is 1. The van der Waals surface area contributed by atoms with Gasteiger partial charge in [-0.2, -0.15) is 13.2 Å². The van der Waals surface area contributed by atoms with Crippen molar-refractivity contribution in [3.05, 3.63) is 53.3 Å². The van der Waals surface area contributed by atoms with Crippen molar-refractivity contribution in [2.45, 2.75) is 91.8 Å². The molecule has 0 saturated heterocycles. The van der Waals surface area contributed by atoms with Crippen molar-refractivity contribution in [2.24, 2.45) is 5.92 Å². The molecular weight excluding hydrogens is 654 g/mol. The summed E-state index contributed by atoms with van der Waals surface area (Å²) in [6.07, 6.45) is -8.22. The maximum absolute atomic E-state index is 16.8. The van der Waals surface area contributed by atoms with Crippen LogP contribution in [0.1, 0.15) is 66.5 Å². The lowest BCUT2D eigenvalue weighted by molar-refractivity contribution is -0.171. The van der Waals surface area contributed by atoms with Gasteiger partial charge < -0.3 is 24.2 Å². The van der Waals surface area contributed by atoms with Crippen LogP contribution in [0.2, 0.25) is 0 Å². The van der Waals surface area contributed by atoms with Gasteiger partial charge in [0, 0.05) is 31.1 Å². The summed E-state index contributed by atoms with van der Waals surface area (Å²) in [6.45, 7) is 11.3. The number of carboxylic acid groups (broad SMARTS) is 1. The average Bonchev–Trinajstić information content (AvgIpc) is 3.31. The first-order valence-corrected chi connectivity index (χ1v) is 15.6. The summed E-state index contributed by atoms with van der Waals surface area (Å²) in [7, 11) is 0. The number of carbonyl (C=O) groups is 4. The summed E-state index contributed by atoms with van der Waals surface area (Å²) in [6, 6.07) is 8.20. The van der Waals surface area contributed by atoms with E-state index in [2.05, 4.69) is 0 Å². The highest BCUT2D eigenvalue weighted by atomic mass is 19.4. The highest BCUT2D eigenvalue weighted by Crippen LogP contribution is 2.45. The fraction of sp³-hybridized carbons (Fsp3) is 0.529. The van der Waals surface area contributed by atoms with Crippen molar-refractivity contribution in [1.29, 1.82) is 0 Å². The van der Waals surface area contributed by atoms with Crippen LogP contribution in [0.4, 0.5) is 38.5 Å². The van der Waals surface area contributed by atoms with Gasteiger partial charge in [0.15, 0.2) is 5.82 Å². The van der Waals surface area contributed by atoms with Crippen LogP contribution in [-0.2, 0) is 32.1 Å². The monoisotopic (exact) mass is 697 g/mol. The zero-order valence-electron chi connectivity index (χ0n) is 28.8. The lowest BCUT2D eigenvalue weighted by atomic mass is 10.1. The minimum Gasteiger partial charge on any atom is -0.487 e. The molecule has 11 nitrogen and oxygen atoms in total. The van der Waals surface area contributed by atoms with Crippen LogP contribution in [0.25, 0.3) is 0 Å². The normalized spacial score (nSPS) is 14.7. The number of fused-ring (bicyclic) bond motifs is 1. The van der Waals surface area contributed by atoms with Gasteiger partial charge in [0.1, 0.15) is 35.8 Å². The van der Waals surface area contributed by atoms with Crippen LogP contribution in [0.3, 0.4) is 0 Å². The van der Waals surface area contributed by atoms with E-state index in [-0.39, 0.29) is 41.8 Å². The number of ether oxygens (including phenoxy) is 3. The molecule has 2 aromatic rings. The summed E-state index contributed by atoms with van der Waals surface area (Å²) in [5, 5.41) is 10.3. The lowest BCUT2D eigenvalue weighted by Crippen LogP contribution is -2.48. The molecule has 3 rings (SSSR count). The molecular formula is C34H43F4N3O8. The van der Waals surface area contributed by atoms with E-state index in [1.807, 2.05) is 13.8 Å². The number of amides is 3. The molecule has 0 unspecified atom stereocenters. The largest absolute Gasteiger partial charge is 0.487 e. The Kier molecular flexibility index (Phi) is 11.8. The topological polar surface area (TPSA) is 126 Å². The second-order valence-corrected chi connectivity index (χ2v) is 14.1. The second-order valence-electron chi connectivity index (χ2n) is 14.1. The van der Waals surface area contributed by atoms with Gasteiger partial charge in [0.05, 0.1) is 11.7 Å². The van der Waals surface area contributed by atoms with Crippen molar-refractivity contribution >= 4 is 35.4 Å². The van der Waals surface area contributed by atoms with Gasteiger partial charge in [-0.05, 0) is 53.0 Å². The predicted molar refractivity (Wildman–Crippen MR) is 172 cm³/mol. The van der Waals surface area contributed by atoms with Gasteiger partial charge in [-0.15, -0.1) is 0 Å². The highest BCUT2D eigenvalue weighted by Gasteiger charge is 2.47. The standard InChI is InChI=1S/C34H43F4N3O8/c1-20(2)16-39(31(46)49-33(6,7)8)17-22-14-23-24(41(22)30(44)45)15-25(47-19-21-12-10-9-11-13-21)28(27(23)35)40(29(43)34(36,37)38)18-26(42)48-32(3,4)5/h9-13,15,20,22H,14,16-19H2,1-8H3,(H,44,45)/t22-/m1/s1. The molecule has 0 saturated carbocycles. The Morgan fingerprint density at radius 1 is 0.980 bits per heavy atom. The van der Waals surface area contributed by atoms with Gasteiger partial charge in [0.25, 0.3) is 0 Å². The van der Waals surface area contributed by atoms with Crippen LogP contribution in [0.15, 0.2) is 36.4 Å². The minimum atomic E-state index is -5.55. The Hall–Kier alpha value is -4.56. The molecule has 15 heteroatoms. The summed E-state index contributed by atoms with van der Waals surface area (Å²) in [5.74, 6) is -5.93. The third-order valence-electron chi connectivity index (χ3n) is 6.92. The van der Waals surface area contributed by atoms with E-state index in [0.717, 1.165) is 11.0 Å². The Labute approximate surface area is 282 Å². The number of anilines is 2. The maximum atomic E-state index is 16.8. The van der Waals surface area contributed by atoms with Crippen LogP contribution >= 0.6 is 0 Å². The number of benzene rings is 2. The van der Waals surface area contributed by atoms with Crippen LogP contribution in [0.5, 0.6) is 5.75 Å². The molecule has 1 N–H and O–H groups in total. The van der Waals surface area contributed by atoms with Crippen molar-refractivity contribution in [3.8, 4) is 5.75 Å². The molecule has 270 valence electrons. The quantitative estimate of drug-likeness (QED) is 0.209. The fourth-order valence-corrected chi connectivity index (χ4v) is 5.23. The van der Waals surface area contributed by atoms with Crippen molar-refractivity contribution in [1.82, 2.24) is 4.90 Å². The third-order valence-corrected chi connectivity index (χ3v) is 6.92. The summed E-state index contributed by atoms with van der Waals surface area (Å²) < 4.78 is 75.2. The van der Waals surface area contributed by atoms with Gasteiger partial charge in [-0.1, -0.05) is 44.2 Å². The second kappa shape index (κ2) is 14.9. The molecule has 1 aliphatic rings. The molecule has 0 aromatic heterocycles. The molecule has 3 amide bonds. The number of alkyl halides is 3. The van der Waals surface area contributed by atoms with E-state index < -0.39 is 77.7 Å².